The number of aliphatic hydroxyl groups is 1. The van der Waals surface area contributed by atoms with Gasteiger partial charge in [0.2, 0.25) is 0 Å². The molecule has 0 saturated carbocycles. The van der Waals surface area contributed by atoms with Crippen LogP contribution < -0.4 is 9.47 Å². The molecule has 2 atom stereocenters. The van der Waals surface area contributed by atoms with Crippen molar-refractivity contribution in [2.45, 2.75) is 31.7 Å². The SMILES string of the molecule is COc1ccc(C=Cc2sccc2OC2CCCC(CO)O2)cc1. The van der Waals surface area contributed by atoms with Crippen molar-refractivity contribution in [1.29, 1.82) is 0 Å². The molecular weight excluding hydrogens is 324 g/mol. The fourth-order valence-corrected chi connectivity index (χ4v) is 3.36. The summed E-state index contributed by atoms with van der Waals surface area (Å²) in [5.41, 5.74) is 1.10. The fourth-order valence-electron chi connectivity index (χ4n) is 2.64. The zero-order chi connectivity index (χ0) is 16.8. The number of ether oxygens (including phenoxy) is 3. The van der Waals surface area contributed by atoms with E-state index in [-0.39, 0.29) is 19.0 Å². The van der Waals surface area contributed by atoms with Crippen LogP contribution >= 0.6 is 11.3 Å². The molecule has 24 heavy (non-hydrogen) atoms. The highest BCUT2D eigenvalue weighted by Gasteiger charge is 2.23. The Balaban J connectivity index is 1.65. The molecule has 1 fully saturated rings. The smallest absolute Gasteiger partial charge is 0.200 e. The third-order valence-electron chi connectivity index (χ3n) is 3.97. The van der Waals surface area contributed by atoms with E-state index in [0.29, 0.717) is 0 Å². The Morgan fingerprint density at radius 3 is 2.79 bits per heavy atom. The lowest BCUT2D eigenvalue weighted by atomic mass is 10.1. The van der Waals surface area contributed by atoms with Gasteiger partial charge in [0.25, 0.3) is 0 Å². The zero-order valence-corrected chi connectivity index (χ0v) is 14.5. The van der Waals surface area contributed by atoms with Gasteiger partial charge in [-0.15, -0.1) is 11.3 Å². The molecule has 5 heteroatoms. The van der Waals surface area contributed by atoms with Crippen LogP contribution in [0.25, 0.3) is 12.2 Å². The summed E-state index contributed by atoms with van der Waals surface area (Å²) in [7, 11) is 1.66. The highest BCUT2D eigenvalue weighted by Crippen LogP contribution is 2.30. The van der Waals surface area contributed by atoms with Gasteiger partial charge in [0.1, 0.15) is 11.5 Å². The molecule has 0 radical (unpaired) electrons. The number of rotatable bonds is 6. The van der Waals surface area contributed by atoms with Crippen LogP contribution in [0.15, 0.2) is 35.7 Å². The van der Waals surface area contributed by atoms with E-state index in [1.165, 1.54) is 0 Å². The standard InChI is InChI=1S/C19H22O4S/c1-21-15-8-5-14(6-9-15)7-10-18-17(11-12-24-18)23-19-4-2-3-16(13-20)22-19/h5-12,16,19-20H,2-4,13H2,1H3. The maximum atomic E-state index is 9.24. The van der Waals surface area contributed by atoms with Gasteiger partial charge in [-0.1, -0.05) is 18.2 Å². The minimum Gasteiger partial charge on any atom is -0.497 e. The van der Waals surface area contributed by atoms with E-state index < -0.39 is 0 Å². The van der Waals surface area contributed by atoms with Crippen LogP contribution in [0.4, 0.5) is 0 Å². The van der Waals surface area contributed by atoms with E-state index in [1.807, 2.05) is 41.8 Å². The Labute approximate surface area is 146 Å². The van der Waals surface area contributed by atoms with Crippen molar-refractivity contribution in [3.05, 3.63) is 46.2 Å². The summed E-state index contributed by atoms with van der Waals surface area (Å²) in [5.74, 6) is 1.67. The van der Waals surface area contributed by atoms with Gasteiger partial charge >= 0.3 is 0 Å². The molecule has 2 unspecified atom stereocenters. The zero-order valence-electron chi connectivity index (χ0n) is 13.7. The van der Waals surface area contributed by atoms with Crippen molar-refractivity contribution in [3.8, 4) is 11.5 Å². The second kappa shape index (κ2) is 8.33. The molecule has 0 bridgehead atoms. The molecule has 0 amide bonds. The number of thiophene rings is 1. The second-order valence-corrected chi connectivity index (χ2v) is 6.62. The topological polar surface area (TPSA) is 47.9 Å². The Kier molecular flexibility index (Phi) is 5.91. The monoisotopic (exact) mass is 346 g/mol. The Hall–Kier alpha value is -1.82. The van der Waals surface area contributed by atoms with Crippen molar-refractivity contribution in [2.75, 3.05) is 13.7 Å². The van der Waals surface area contributed by atoms with Gasteiger partial charge < -0.3 is 19.3 Å². The molecule has 1 aliphatic heterocycles. The Morgan fingerprint density at radius 1 is 1.21 bits per heavy atom. The van der Waals surface area contributed by atoms with Gasteiger partial charge in [-0.05, 0) is 48.1 Å². The quantitative estimate of drug-likeness (QED) is 0.852. The normalized spacial score (nSPS) is 21.1. The average Bonchev–Trinajstić information content (AvgIpc) is 3.07. The molecule has 1 aliphatic rings. The predicted molar refractivity (Wildman–Crippen MR) is 96.5 cm³/mol. The number of hydrogen-bond donors (Lipinski definition) is 1. The molecule has 2 heterocycles. The number of aliphatic hydroxyl groups excluding tert-OH is 1. The van der Waals surface area contributed by atoms with Crippen molar-refractivity contribution in [2.24, 2.45) is 0 Å². The molecule has 2 aromatic rings. The lowest BCUT2D eigenvalue weighted by Crippen LogP contribution is -2.33. The van der Waals surface area contributed by atoms with Gasteiger partial charge in [-0.25, -0.2) is 0 Å². The summed E-state index contributed by atoms with van der Waals surface area (Å²) in [6, 6.07) is 9.87. The lowest BCUT2D eigenvalue weighted by molar-refractivity contribution is -0.157. The maximum Gasteiger partial charge on any atom is 0.200 e. The van der Waals surface area contributed by atoms with E-state index in [1.54, 1.807) is 18.4 Å². The highest BCUT2D eigenvalue weighted by molar-refractivity contribution is 7.11. The first-order chi connectivity index (χ1) is 11.8. The summed E-state index contributed by atoms with van der Waals surface area (Å²) in [6.07, 6.45) is 6.47. The van der Waals surface area contributed by atoms with Gasteiger partial charge in [-0.3, -0.25) is 0 Å². The molecule has 0 aliphatic carbocycles. The third kappa shape index (κ3) is 4.38. The molecule has 0 spiro atoms. The van der Waals surface area contributed by atoms with Crippen LogP contribution in [-0.4, -0.2) is 31.2 Å². The van der Waals surface area contributed by atoms with Crippen molar-refractivity contribution >= 4 is 23.5 Å². The van der Waals surface area contributed by atoms with Crippen LogP contribution in [0.5, 0.6) is 11.5 Å². The molecule has 1 saturated heterocycles. The Bertz CT molecular complexity index is 662. The van der Waals surface area contributed by atoms with E-state index in [4.69, 9.17) is 14.2 Å². The molecule has 1 aromatic carbocycles. The number of hydrogen-bond acceptors (Lipinski definition) is 5. The first kappa shape index (κ1) is 17.0. The molecule has 128 valence electrons. The highest BCUT2D eigenvalue weighted by atomic mass is 32.1. The van der Waals surface area contributed by atoms with E-state index in [0.717, 1.165) is 41.2 Å². The van der Waals surface area contributed by atoms with Crippen molar-refractivity contribution in [3.63, 3.8) is 0 Å². The first-order valence-electron chi connectivity index (χ1n) is 8.11. The minimum absolute atomic E-state index is 0.0493. The summed E-state index contributed by atoms with van der Waals surface area (Å²) in [4.78, 5) is 1.06. The molecule has 1 aromatic heterocycles. The first-order valence-corrected chi connectivity index (χ1v) is 8.99. The van der Waals surface area contributed by atoms with Gasteiger partial charge in [-0.2, -0.15) is 0 Å². The van der Waals surface area contributed by atoms with Gasteiger partial charge in [0, 0.05) is 6.42 Å². The van der Waals surface area contributed by atoms with Crippen LogP contribution in [0, 0.1) is 0 Å². The summed E-state index contributed by atoms with van der Waals surface area (Å²) >= 11 is 1.63. The van der Waals surface area contributed by atoms with Crippen LogP contribution in [0.1, 0.15) is 29.7 Å². The third-order valence-corrected chi connectivity index (χ3v) is 4.84. The molecule has 3 rings (SSSR count). The average molecular weight is 346 g/mol. The second-order valence-electron chi connectivity index (χ2n) is 5.67. The number of benzene rings is 1. The van der Waals surface area contributed by atoms with Gasteiger partial charge in [0.05, 0.1) is 24.7 Å². The predicted octanol–water partition coefficient (Wildman–Crippen LogP) is 4.19. The maximum absolute atomic E-state index is 9.24. The van der Waals surface area contributed by atoms with Crippen LogP contribution in [0.3, 0.4) is 0 Å². The lowest BCUT2D eigenvalue weighted by Gasteiger charge is -2.29. The molecule has 4 nitrogen and oxygen atoms in total. The van der Waals surface area contributed by atoms with E-state index >= 15 is 0 Å². The fraction of sp³-hybridized carbons (Fsp3) is 0.368. The van der Waals surface area contributed by atoms with E-state index in [9.17, 15) is 5.11 Å². The van der Waals surface area contributed by atoms with Crippen LogP contribution in [0.2, 0.25) is 0 Å². The van der Waals surface area contributed by atoms with Gasteiger partial charge in [0.15, 0.2) is 6.29 Å². The Morgan fingerprint density at radius 2 is 2.04 bits per heavy atom. The van der Waals surface area contributed by atoms with E-state index in [2.05, 4.69) is 6.08 Å². The summed E-state index contributed by atoms with van der Waals surface area (Å²) in [5, 5.41) is 11.2. The van der Waals surface area contributed by atoms with Crippen LogP contribution in [-0.2, 0) is 4.74 Å². The largest absolute Gasteiger partial charge is 0.497 e. The van der Waals surface area contributed by atoms with Crippen molar-refractivity contribution < 1.29 is 19.3 Å². The molecule has 1 N–H and O–H groups in total. The minimum atomic E-state index is -0.279. The van der Waals surface area contributed by atoms with Crippen molar-refractivity contribution in [1.82, 2.24) is 0 Å². The summed E-state index contributed by atoms with van der Waals surface area (Å²) < 4.78 is 16.9. The number of methoxy groups -OCH3 is 1. The molecular formula is C19H22O4S. The summed E-state index contributed by atoms with van der Waals surface area (Å²) in [6.45, 7) is 0.0493.